The lowest BCUT2D eigenvalue weighted by atomic mass is 10.2. The molecular weight excluding hydrogens is 197 g/mol. The van der Waals surface area contributed by atoms with Crippen molar-refractivity contribution in [1.82, 2.24) is 0 Å². The number of halogens is 7. The van der Waals surface area contributed by atoms with Crippen LogP contribution in [0.4, 0.5) is 26.3 Å². The van der Waals surface area contributed by atoms with Gasteiger partial charge in [-0.1, -0.05) is 0 Å². The number of alkyl halides is 7. The molecule has 0 atom stereocenters. The van der Waals surface area contributed by atoms with Crippen molar-refractivity contribution in [3.05, 3.63) is 0 Å². The van der Waals surface area contributed by atoms with E-state index in [0.717, 1.165) is 0 Å². The molecule has 0 aromatic rings. The average Bonchev–Trinajstić information content (AvgIpc) is 1.58. The Bertz CT molecular complexity index is 126. The zero-order valence-corrected chi connectivity index (χ0v) is 5.90. The maximum Gasteiger partial charge on any atom is 0.390 e. The molecule has 0 bridgehead atoms. The second-order valence-corrected chi connectivity index (χ2v) is 2.44. The Morgan fingerprint density at radius 2 is 1.18 bits per heavy atom. The molecule has 0 nitrogen and oxygen atoms in total. The third-order valence-corrected chi connectivity index (χ3v) is 1.14. The van der Waals surface area contributed by atoms with E-state index in [0.29, 0.717) is 0 Å². The van der Waals surface area contributed by atoms with Gasteiger partial charge in [0.15, 0.2) is 0 Å². The Balaban J connectivity index is 4.75. The topological polar surface area (TPSA) is 0 Å². The van der Waals surface area contributed by atoms with Crippen molar-refractivity contribution in [1.29, 1.82) is 0 Å². The van der Waals surface area contributed by atoms with Gasteiger partial charge in [0, 0.05) is 6.92 Å². The predicted octanol–water partition coefficient (Wildman–Crippen LogP) is 3.11. The van der Waals surface area contributed by atoms with Crippen LogP contribution in [0.2, 0.25) is 0 Å². The van der Waals surface area contributed by atoms with E-state index in [-0.39, 0.29) is 6.92 Å². The molecule has 0 fully saturated rings. The van der Waals surface area contributed by atoms with Crippen molar-refractivity contribution in [2.24, 2.45) is 0 Å². The summed E-state index contributed by atoms with van der Waals surface area (Å²) < 4.78 is 70.0. The largest absolute Gasteiger partial charge is 0.390 e. The highest BCUT2D eigenvalue weighted by Gasteiger charge is 2.68. The second-order valence-electron chi connectivity index (χ2n) is 1.96. The summed E-state index contributed by atoms with van der Waals surface area (Å²) in [4.78, 5) is 0. The van der Waals surface area contributed by atoms with Crippen LogP contribution < -0.4 is 0 Å². The van der Waals surface area contributed by atoms with Crippen LogP contribution in [0.3, 0.4) is 0 Å². The Morgan fingerprint density at radius 3 is 1.18 bits per heavy atom. The van der Waals surface area contributed by atoms with Crippen molar-refractivity contribution in [3.8, 4) is 0 Å². The minimum atomic E-state index is -5.53. The Morgan fingerprint density at radius 1 is 0.909 bits per heavy atom. The number of hydrogen-bond acceptors (Lipinski definition) is 0. The molecule has 0 saturated carbocycles. The maximum absolute atomic E-state index is 11.8. The van der Waals surface area contributed by atoms with Crippen LogP contribution in [-0.2, 0) is 0 Å². The van der Waals surface area contributed by atoms with Gasteiger partial charge in [0.2, 0.25) is 0 Å². The van der Waals surface area contributed by atoms with Crippen molar-refractivity contribution >= 4 is 11.6 Å². The molecule has 0 aliphatic rings. The minimum absolute atomic E-state index is 0.330. The number of hydrogen-bond donors (Lipinski definition) is 0. The zero-order valence-electron chi connectivity index (χ0n) is 5.15. The molecule has 0 N–H and O–H groups in total. The molecule has 0 amide bonds. The second kappa shape index (κ2) is 2.43. The molecular formula is C4H3ClF6. The van der Waals surface area contributed by atoms with Crippen molar-refractivity contribution in [2.45, 2.75) is 24.2 Å². The summed E-state index contributed by atoms with van der Waals surface area (Å²) in [6, 6.07) is 0. The molecule has 0 aromatic carbocycles. The van der Waals surface area contributed by atoms with Gasteiger partial charge in [-0.15, -0.1) is 0 Å². The minimum Gasteiger partial charge on any atom is -0.200 e. The van der Waals surface area contributed by atoms with Gasteiger partial charge in [-0.25, -0.2) is 0 Å². The van der Waals surface area contributed by atoms with Crippen LogP contribution in [0.5, 0.6) is 0 Å². The van der Waals surface area contributed by atoms with Gasteiger partial charge in [0.05, 0.1) is 0 Å². The van der Waals surface area contributed by atoms with Crippen LogP contribution in [0.1, 0.15) is 6.92 Å². The Labute approximate surface area is 63.1 Å². The van der Waals surface area contributed by atoms with Crippen LogP contribution >= 0.6 is 11.6 Å². The summed E-state index contributed by atoms with van der Waals surface area (Å²) in [5, 5.41) is -5.23. The fourth-order valence-electron chi connectivity index (χ4n) is 0.249. The van der Waals surface area contributed by atoms with E-state index in [1.807, 2.05) is 0 Å². The lowest BCUT2D eigenvalue weighted by Gasteiger charge is -2.26. The Hall–Kier alpha value is -0.130. The highest BCUT2D eigenvalue weighted by atomic mass is 35.5. The quantitative estimate of drug-likeness (QED) is 0.475. The molecule has 0 aromatic heterocycles. The summed E-state index contributed by atoms with van der Waals surface area (Å²) in [6.07, 6.45) is 0. The van der Waals surface area contributed by atoms with E-state index in [1.54, 1.807) is 0 Å². The molecule has 0 unspecified atom stereocenters. The molecule has 7 heteroatoms. The molecule has 0 aliphatic carbocycles. The fourth-order valence-corrected chi connectivity index (χ4v) is 0.415. The van der Waals surface area contributed by atoms with E-state index in [9.17, 15) is 26.3 Å². The van der Waals surface area contributed by atoms with E-state index < -0.39 is 17.2 Å². The molecule has 11 heavy (non-hydrogen) atoms. The maximum atomic E-state index is 11.8. The lowest BCUT2D eigenvalue weighted by Crippen LogP contribution is -2.49. The van der Waals surface area contributed by atoms with Gasteiger partial charge in [-0.05, 0) is 11.6 Å². The van der Waals surface area contributed by atoms with Crippen LogP contribution in [0.25, 0.3) is 0 Å². The van der Waals surface area contributed by atoms with Gasteiger partial charge in [-0.3, -0.25) is 0 Å². The van der Waals surface area contributed by atoms with Crippen LogP contribution in [-0.4, -0.2) is 17.2 Å². The molecule has 0 aliphatic heterocycles. The first-order valence-electron chi connectivity index (χ1n) is 2.32. The van der Waals surface area contributed by atoms with Crippen molar-refractivity contribution < 1.29 is 26.3 Å². The SMILES string of the molecule is CC(F)(F)C(F)(F)C(F)(F)Cl. The standard InChI is InChI=1S/C4H3ClF6/c1-2(6,7)3(8,9)4(5,10)11/h1H3. The summed E-state index contributed by atoms with van der Waals surface area (Å²) in [5.41, 5.74) is 0. The van der Waals surface area contributed by atoms with Gasteiger partial charge >= 0.3 is 17.2 Å². The van der Waals surface area contributed by atoms with Crippen molar-refractivity contribution in [2.75, 3.05) is 0 Å². The molecule has 0 spiro atoms. The predicted molar refractivity (Wildman–Crippen MR) is 26.4 cm³/mol. The third kappa shape index (κ3) is 1.91. The van der Waals surface area contributed by atoms with Gasteiger partial charge in [0.25, 0.3) is 0 Å². The lowest BCUT2D eigenvalue weighted by molar-refractivity contribution is -0.271. The normalized spacial score (nSPS) is 15.3. The average molecular weight is 201 g/mol. The molecule has 68 valence electrons. The Kier molecular flexibility index (Phi) is 2.40. The summed E-state index contributed by atoms with van der Waals surface area (Å²) in [7, 11) is 0. The number of rotatable bonds is 2. The zero-order chi connectivity index (χ0) is 9.50. The molecule has 0 heterocycles. The molecule has 0 radical (unpaired) electrons. The van der Waals surface area contributed by atoms with E-state index in [4.69, 9.17) is 0 Å². The van der Waals surface area contributed by atoms with E-state index in [1.165, 1.54) is 0 Å². The third-order valence-electron chi connectivity index (χ3n) is 0.907. The summed E-state index contributed by atoms with van der Waals surface area (Å²) in [5.74, 6) is -10.4. The highest BCUT2D eigenvalue weighted by Crippen LogP contribution is 2.47. The van der Waals surface area contributed by atoms with Crippen LogP contribution in [0.15, 0.2) is 0 Å². The molecule has 0 saturated heterocycles. The first-order chi connectivity index (χ1) is 4.50. The van der Waals surface area contributed by atoms with Gasteiger partial charge < -0.3 is 0 Å². The van der Waals surface area contributed by atoms with Gasteiger partial charge in [0.1, 0.15) is 0 Å². The first kappa shape index (κ1) is 10.9. The summed E-state index contributed by atoms with van der Waals surface area (Å²) >= 11 is 3.75. The van der Waals surface area contributed by atoms with Crippen LogP contribution in [0, 0.1) is 0 Å². The van der Waals surface area contributed by atoms with E-state index in [2.05, 4.69) is 11.6 Å². The van der Waals surface area contributed by atoms with E-state index >= 15 is 0 Å². The smallest absolute Gasteiger partial charge is 0.200 e. The highest BCUT2D eigenvalue weighted by molar-refractivity contribution is 6.22. The van der Waals surface area contributed by atoms with Crippen molar-refractivity contribution in [3.63, 3.8) is 0 Å². The summed E-state index contributed by atoms with van der Waals surface area (Å²) in [6.45, 7) is -0.330. The molecule has 0 rings (SSSR count). The van der Waals surface area contributed by atoms with Gasteiger partial charge in [-0.2, -0.15) is 26.3 Å². The fraction of sp³-hybridized carbons (Fsp3) is 1.00. The monoisotopic (exact) mass is 200 g/mol. The first-order valence-corrected chi connectivity index (χ1v) is 2.70.